The van der Waals surface area contributed by atoms with Crippen molar-refractivity contribution in [2.45, 2.75) is 56.5 Å². The fourth-order valence-corrected chi connectivity index (χ4v) is 3.81. The first-order valence-electron chi connectivity index (χ1n) is 9.70. The minimum atomic E-state index is -6.72. The third-order valence-electron chi connectivity index (χ3n) is 4.01. The van der Waals surface area contributed by atoms with Crippen molar-refractivity contribution in [2.24, 2.45) is 0 Å². The van der Waals surface area contributed by atoms with Crippen molar-refractivity contribution in [2.75, 3.05) is 33.8 Å². The van der Waals surface area contributed by atoms with Crippen LogP contribution in [-0.2, 0) is 29.6 Å². The second-order valence-corrected chi connectivity index (χ2v) is 10.9. The molecule has 0 heterocycles. The van der Waals surface area contributed by atoms with Gasteiger partial charge in [-0.05, 0) is 12.8 Å². The van der Waals surface area contributed by atoms with Gasteiger partial charge in [0, 0.05) is 6.08 Å². The molecule has 0 atom stereocenters. The number of ether oxygens (including phenoxy) is 1. The van der Waals surface area contributed by atoms with E-state index in [0.29, 0.717) is 6.61 Å². The molecule has 0 radical (unpaired) electrons. The number of carbonyl (C=O) groups excluding carboxylic acids is 1. The molecule has 0 aromatic heterocycles. The van der Waals surface area contributed by atoms with Crippen molar-refractivity contribution in [1.29, 1.82) is 0 Å². The lowest BCUT2D eigenvalue weighted by Crippen LogP contribution is -2.43. The van der Waals surface area contributed by atoms with Crippen LogP contribution in [0.15, 0.2) is 12.7 Å². The number of carbonyl (C=O) groups is 1. The second kappa shape index (κ2) is 14.1. The van der Waals surface area contributed by atoms with Crippen molar-refractivity contribution < 1.29 is 57.2 Å². The Balaban J connectivity index is 0. The van der Waals surface area contributed by atoms with Gasteiger partial charge in [-0.25, -0.2) is 21.6 Å². The molecule has 0 aliphatic carbocycles. The van der Waals surface area contributed by atoms with E-state index >= 15 is 0 Å². The monoisotopic (exact) mass is 536 g/mol. The van der Waals surface area contributed by atoms with E-state index in [1.165, 1.54) is 44.6 Å². The van der Waals surface area contributed by atoms with E-state index in [2.05, 4.69) is 27.6 Å². The maximum absolute atomic E-state index is 11.4. The van der Waals surface area contributed by atoms with E-state index in [1.807, 2.05) is 0 Å². The molecule has 8 nitrogen and oxygen atoms in total. The Morgan fingerprint density at radius 2 is 1.30 bits per heavy atom. The summed E-state index contributed by atoms with van der Waals surface area (Å²) in [5, 5.41) is 0. The zero-order valence-electron chi connectivity index (χ0n) is 18.6. The molecule has 0 rings (SSSR count). The molecule has 33 heavy (non-hydrogen) atoms. The van der Waals surface area contributed by atoms with Crippen LogP contribution in [0.25, 0.3) is 4.13 Å². The number of esters is 1. The van der Waals surface area contributed by atoms with Crippen molar-refractivity contribution in [3.8, 4) is 0 Å². The molecule has 0 spiro atoms. The summed E-state index contributed by atoms with van der Waals surface area (Å²) in [6.45, 7) is 8.12. The van der Waals surface area contributed by atoms with Gasteiger partial charge in [0.15, 0.2) is 20.0 Å². The summed E-state index contributed by atoms with van der Waals surface area (Å²) in [6.07, 6.45) is 9.15. The van der Waals surface area contributed by atoms with Crippen LogP contribution in [-0.4, -0.2) is 72.1 Å². The fraction of sp³-hybridized carbons (Fsp3) is 0.824. The average Bonchev–Trinajstić information content (AvgIpc) is 2.62. The maximum Gasteiger partial charge on any atom is 0.480 e. The van der Waals surface area contributed by atoms with Crippen LogP contribution in [0.2, 0.25) is 0 Å². The molecule has 16 heteroatoms. The van der Waals surface area contributed by atoms with Crippen molar-refractivity contribution in [1.82, 2.24) is 0 Å². The first-order chi connectivity index (χ1) is 14.7. The molecule has 0 aliphatic rings. The van der Waals surface area contributed by atoms with Gasteiger partial charge in [-0.1, -0.05) is 39.2 Å². The Morgan fingerprint density at radius 1 is 0.879 bits per heavy atom. The van der Waals surface area contributed by atoms with Gasteiger partial charge in [0.05, 0.1) is 20.6 Å². The minimum Gasteiger partial charge on any atom is -0.457 e. The zero-order chi connectivity index (χ0) is 26.6. The number of sulfonamides is 2. The number of quaternary nitrogens is 1. The average molecular weight is 537 g/mol. The molecule has 0 amide bonds. The number of unbranched alkanes of at least 4 members (excludes halogenated alkanes) is 5. The van der Waals surface area contributed by atoms with Crippen molar-refractivity contribution in [3.63, 3.8) is 0 Å². The topological polar surface area (TPSA) is 109 Å². The van der Waals surface area contributed by atoms with Crippen molar-refractivity contribution >= 4 is 26.0 Å². The second-order valence-electron chi connectivity index (χ2n) is 7.44. The summed E-state index contributed by atoms with van der Waals surface area (Å²) in [4.78, 5) is 10.9. The molecule has 0 unspecified atom stereocenters. The Morgan fingerprint density at radius 3 is 1.70 bits per heavy atom. The third kappa shape index (κ3) is 15.2. The molecule has 198 valence electrons. The highest BCUT2D eigenvalue weighted by molar-refractivity contribution is 8.13. The van der Waals surface area contributed by atoms with Crippen LogP contribution in [0.1, 0.15) is 45.4 Å². The van der Waals surface area contributed by atoms with E-state index in [0.717, 1.165) is 21.7 Å². The van der Waals surface area contributed by atoms with E-state index in [1.54, 1.807) is 0 Å². The van der Waals surface area contributed by atoms with Gasteiger partial charge >= 0.3 is 17.0 Å². The third-order valence-corrected chi connectivity index (χ3v) is 6.75. The van der Waals surface area contributed by atoms with Gasteiger partial charge in [-0.15, -0.1) is 0 Å². The summed E-state index contributed by atoms with van der Waals surface area (Å²) in [5.74, 6) is -0.324. The normalized spacial score (nSPS) is 13.1. The first-order valence-corrected chi connectivity index (χ1v) is 12.6. The highest BCUT2D eigenvalue weighted by Gasteiger charge is 2.46. The lowest BCUT2D eigenvalue weighted by atomic mass is 10.1. The van der Waals surface area contributed by atoms with Gasteiger partial charge < -0.3 is 13.3 Å². The van der Waals surface area contributed by atoms with Gasteiger partial charge in [0.25, 0.3) is 0 Å². The van der Waals surface area contributed by atoms with E-state index < -0.39 is 31.1 Å². The predicted octanol–water partition coefficient (Wildman–Crippen LogP) is 4.21. The highest BCUT2D eigenvalue weighted by atomic mass is 32.3. The number of hydrogen-bond donors (Lipinski definition) is 0. The standard InChI is InChI=1S/C15H30NO2.C2F6NO4S2/c1-5-7-8-9-10-11-12-16(3,4)13-14-18-15(17)6-2;3-1(4,5)14(10,11)9-15(12,13)2(6,7)8/h6H,2,5,7-14H2,1,3-4H3;/q+1;-1. The van der Waals surface area contributed by atoms with Crippen LogP contribution >= 0.6 is 0 Å². The smallest absolute Gasteiger partial charge is 0.457 e. The molecule has 0 saturated heterocycles. The number of hydrogen-bond acceptors (Lipinski definition) is 6. The summed E-state index contributed by atoms with van der Waals surface area (Å²) < 4.78 is 115. The van der Waals surface area contributed by atoms with Crippen molar-refractivity contribution in [3.05, 3.63) is 16.8 Å². The quantitative estimate of drug-likeness (QED) is 0.115. The largest absolute Gasteiger partial charge is 0.480 e. The minimum absolute atomic E-state index is 0.324. The van der Waals surface area contributed by atoms with E-state index in [9.17, 15) is 48.0 Å². The predicted molar refractivity (Wildman–Crippen MR) is 110 cm³/mol. The molecule has 0 aromatic carbocycles. The van der Waals surface area contributed by atoms with E-state index in [-0.39, 0.29) is 5.97 Å². The molecule has 0 N–H and O–H groups in total. The van der Waals surface area contributed by atoms with Crippen LogP contribution in [0.4, 0.5) is 26.3 Å². The van der Waals surface area contributed by atoms with Gasteiger partial charge in [0.1, 0.15) is 13.2 Å². The number of nitrogens with zero attached hydrogens (tertiary/aromatic N) is 2. The Kier molecular flexibility index (Phi) is 14.4. The highest BCUT2D eigenvalue weighted by Crippen LogP contribution is 2.36. The number of likely N-dealkylation sites (N-methyl/N-ethyl adjacent to an activating group) is 1. The number of rotatable bonds is 13. The number of halogens is 6. The van der Waals surface area contributed by atoms with Gasteiger partial charge in [0.2, 0.25) is 0 Å². The van der Waals surface area contributed by atoms with Crippen LogP contribution in [0.3, 0.4) is 0 Å². The maximum atomic E-state index is 11.4. The summed E-state index contributed by atoms with van der Waals surface area (Å²) in [7, 11) is -9.07. The van der Waals surface area contributed by atoms with Crippen LogP contribution in [0, 0.1) is 0 Å². The lowest BCUT2D eigenvalue weighted by molar-refractivity contribution is -0.890. The molecular formula is C17H30F6N2O6S2. The van der Waals surface area contributed by atoms with Gasteiger partial charge in [-0.2, -0.15) is 26.3 Å². The SMILES string of the molecule is C=CC(=O)OCC[N+](C)(C)CCCCCCCC.O=S(=O)([N-]S(=O)(=O)C(F)(F)F)C(F)(F)F. The molecular weight excluding hydrogens is 506 g/mol. The molecule has 0 bridgehead atoms. The van der Waals surface area contributed by atoms with Gasteiger partial charge in [-0.3, -0.25) is 0 Å². The summed E-state index contributed by atoms with van der Waals surface area (Å²) in [6, 6.07) is 0. The Bertz CT molecular complexity index is 767. The molecule has 0 fully saturated rings. The molecule has 0 aliphatic heterocycles. The van der Waals surface area contributed by atoms with Crippen LogP contribution < -0.4 is 0 Å². The van der Waals surface area contributed by atoms with Crippen LogP contribution in [0.5, 0.6) is 0 Å². The lowest BCUT2D eigenvalue weighted by Gasteiger charge is -2.29. The number of alkyl halides is 6. The Hall–Kier alpha value is -1.39. The summed E-state index contributed by atoms with van der Waals surface area (Å²) in [5.41, 5.74) is -12.4. The van der Waals surface area contributed by atoms with E-state index in [4.69, 9.17) is 4.74 Å². The molecule has 0 saturated carbocycles. The Labute approximate surface area is 190 Å². The fourth-order valence-electron chi connectivity index (χ4n) is 2.10. The summed E-state index contributed by atoms with van der Waals surface area (Å²) >= 11 is 0. The zero-order valence-corrected chi connectivity index (χ0v) is 20.2. The molecule has 0 aromatic rings. The first kappa shape index (κ1) is 33.8.